The van der Waals surface area contributed by atoms with E-state index in [-0.39, 0.29) is 50.0 Å². The molecule has 31 heteroatoms. The minimum absolute atomic E-state index is 0.00740. The van der Waals surface area contributed by atoms with Crippen LogP contribution in [-0.4, -0.2) is 293 Å². The number of aliphatic hydroxyl groups excluding tert-OH is 15. The van der Waals surface area contributed by atoms with Crippen molar-refractivity contribution in [2.75, 3.05) is 33.5 Å². The number of carboxylic acid groups (broad SMARTS) is 1. The van der Waals surface area contributed by atoms with Gasteiger partial charge in [-0.25, -0.2) is 4.79 Å². The first kappa shape index (κ1) is 77.1. The lowest BCUT2D eigenvalue weighted by molar-refractivity contribution is -0.378. The summed E-state index contributed by atoms with van der Waals surface area (Å²) in [4.78, 5) is 43.5. The molecule has 4 saturated carbocycles. The highest BCUT2D eigenvalue weighted by Gasteiger charge is 2.74. The highest BCUT2D eigenvalue weighted by molar-refractivity contribution is 5.87. The van der Waals surface area contributed by atoms with Crippen molar-refractivity contribution in [1.29, 1.82) is 0 Å². The number of aliphatic carboxylic acids is 1. The summed E-state index contributed by atoms with van der Waals surface area (Å²) in [5.41, 5.74) is -4.89. The maximum atomic E-state index is 15.9. The number of allylic oxidation sites excluding steroid dienone is 1. The zero-order valence-electron chi connectivity index (χ0n) is 57.3. The normalized spacial score (nSPS) is 49.4. The molecule has 0 unspecified atom stereocenters. The summed E-state index contributed by atoms with van der Waals surface area (Å²) in [6, 6.07) is 6.74. The zero-order chi connectivity index (χ0) is 72.8. The van der Waals surface area contributed by atoms with E-state index in [1.807, 2.05) is 6.92 Å². The number of carbonyl (C=O) groups is 3. The van der Waals surface area contributed by atoms with Gasteiger partial charge in [-0.1, -0.05) is 51.5 Å². The van der Waals surface area contributed by atoms with Gasteiger partial charge in [-0.15, -0.1) is 0 Å². The Labute approximate surface area is 578 Å². The fourth-order valence-corrected chi connectivity index (χ4v) is 19.0. The molecule has 5 aliphatic carbocycles. The third-order valence-corrected chi connectivity index (χ3v) is 24.9. The fourth-order valence-electron chi connectivity index (χ4n) is 19.0. The standard InChI is InChI=1S/C69H102O31/c1-29-53(97-57-48(81)44(77)38(27-90-57)95-59-49(82)45(78)42(75)36(25-70)93-59)47(80)51(84)58(91-29)98-55-52(85)54(96-41(74)16-11-31-9-12-32(89-8)13-10-31)30(2)92-61(55)100-63(88)68-20-19-64(3,4)23-34(68)33-14-15-39-65(5)24-35(73)56(99-60-50(83)46(79)43(76)37(26-71)94-60)67(7,62(86)87)40(65)17-18-66(39,6)69(33,28-72)22-21-68/h9-14,16,29-30,34-40,42-61,70-73,75-85H,15,17-28H2,1-8H3,(H,86,87)/b16-11+/t29-,30+,34-,35-,36+,37+,38+,39+,40+,42-,43+,44-,45-,46-,47-,48+,49+,50+,51+,52-,53-,54-,55+,56-,57-,58-,59-,60-,61-,65+,66+,67-,68-,69-/m0/s1. The number of ether oxygens (including phenoxy) is 12. The number of rotatable bonds is 18. The van der Waals surface area contributed by atoms with Gasteiger partial charge in [-0.05, 0) is 136 Å². The van der Waals surface area contributed by atoms with E-state index in [0.29, 0.717) is 37.0 Å². The summed E-state index contributed by atoms with van der Waals surface area (Å²) in [6.45, 7) is 10.1. The van der Waals surface area contributed by atoms with Crippen LogP contribution in [0.2, 0.25) is 0 Å². The first-order chi connectivity index (χ1) is 47.1. The predicted octanol–water partition coefficient (Wildman–Crippen LogP) is -2.24. The molecule has 5 heterocycles. The molecule has 1 aromatic carbocycles. The van der Waals surface area contributed by atoms with Crippen LogP contribution in [0.15, 0.2) is 42.0 Å². The van der Waals surface area contributed by atoms with Crippen molar-refractivity contribution in [3.8, 4) is 5.75 Å². The van der Waals surface area contributed by atoms with Crippen molar-refractivity contribution < 1.29 is 153 Å². The van der Waals surface area contributed by atoms with Gasteiger partial charge in [-0.2, -0.15) is 0 Å². The van der Waals surface area contributed by atoms with Gasteiger partial charge < -0.3 is 139 Å². The van der Waals surface area contributed by atoms with Gasteiger partial charge in [0.05, 0.1) is 62.7 Å². The summed E-state index contributed by atoms with van der Waals surface area (Å²) < 4.78 is 71.1. The highest BCUT2D eigenvalue weighted by atomic mass is 16.8. The molecule has 0 aromatic heterocycles. The van der Waals surface area contributed by atoms with Gasteiger partial charge >= 0.3 is 17.9 Å². The Kier molecular flexibility index (Phi) is 22.6. The molecule has 5 saturated heterocycles. The van der Waals surface area contributed by atoms with E-state index in [0.717, 1.165) is 11.6 Å². The van der Waals surface area contributed by atoms with Gasteiger partial charge in [0.2, 0.25) is 6.29 Å². The van der Waals surface area contributed by atoms with Crippen molar-refractivity contribution in [3.63, 3.8) is 0 Å². The number of fused-ring (bicyclic) bond motifs is 7. The van der Waals surface area contributed by atoms with E-state index < -0.39 is 236 Å². The molecule has 0 radical (unpaired) electrons. The van der Waals surface area contributed by atoms with Crippen LogP contribution in [0, 0.1) is 50.2 Å². The molecule has 0 amide bonds. The molecule has 100 heavy (non-hydrogen) atoms. The average Bonchev–Trinajstić information content (AvgIpc) is 0.669. The molecule has 0 bridgehead atoms. The molecule has 9 fully saturated rings. The van der Waals surface area contributed by atoms with Gasteiger partial charge in [0, 0.05) is 11.5 Å². The van der Waals surface area contributed by atoms with Gasteiger partial charge in [0.1, 0.15) is 103 Å². The number of hydrogen-bond donors (Lipinski definition) is 16. The van der Waals surface area contributed by atoms with Crippen molar-refractivity contribution >= 4 is 24.0 Å². The molecule has 1 aromatic rings. The molecule has 11 rings (SSSR count). The SMILES string of the molecule is COc1ccc(/C=C/C(=O)O[C@@H]2[C@H](O)[C@@H](O[C@@H]3O[C@@H](C)[C@H](O[C@@H]4OC[C@@H](O[C@@H]5O[C@H](CO)[C@H](O)[C@H](O)[C@H]5O)[C@H](O)[C@H]4O)[C@@H](O)[C@H]3O)[C@H](OC(=O)[C@]34CCC(C)(C)C[C@H]3C3=CC[C@@H]5[C@@]6(C)C[C@H](O)[C@H](O[C@@H]7O[C@H](CO)[C@@H](O)[C@H](O)[C@H]7O)[C@@](C)(C(=O)O)[C@@H]6CC[C@@]5(C)[C@]3(CO)CC4)O[C@@H]2C)cc1. The molecule has 0 spiro atoms. The zero-order valence-corrected chi connectivity index (χ0v) is 57.3. The number of esters is 2. The van der Waals surface area contributed by atoms with Crippen LogP contribution in [0.1, 0.15) is 112 Å². The van der Waals surface area contributed by atoms with Crippen LogP contribution in [-0.2, 0) is 66.5 Å². The molecule has 16 N–H and O–H groups in total. The van der Waals surface area contributed by atoms with E-state index in [1.165, 1.54) is 34.0 Å². The quantitative estimate of drug-likeness (QED) is 0.0320. The van der Waals surface area contributed by atoms with E-state index >= 15 is 4.79 Å². The van der Waals surface area contributed by atoms with E-state index in [9.17, 15) is 91.3 Å². The number of methoxy groups -OCH3 is 1. The Hall–Kier alpha value is -4.05. The fraction of sp³-hybridized carbons (Fsp3) is 0.812. The molecule has 31 nitrogen and oxygen atoms in total. The van der Waals surface area contributed by atoms with Crippen LogP contribution in [0.5, 0.6) is 5.75 Å². The molecular formula is C69H102O31. The van der Waals surface area contributed by atoms with Gasteiger partial charge in [0.15, 0.2) is 37.4 Å². The van der Waals surface area contributed by atoms with Crippen molar-refractivity contribution in [2.24, 2.45) is 50.2 Å². The maximum absolute atomic E-state index is 15.9. The minimum Gasteiger partial charge on any atom is -0.497 e. The second-order valence-electron chi connectivity index (χ2n) is 31.0. The first-order valence-electron chi connectivity index (χ1n) is 34.6. The Morgan fingerprint density at radius 3 is 1.76 bits per heavy atom. The van der Waals surface area contributed by atoms with Crippen LogP contribution in [0.3, 0.4) is 0 Å². The third-order valence-electron chi connectivity index (χ3n) is 24.9. The van der Waals surface area contributed by atoms with Gasteiger partial charge in [0.25, 0.3) is 0 Å². The number of hydrogen-bond acceptors (Lipinski definition) is 30. The number of carbonyl (C=O) groups excluding carboxylic acids is 2. The van der Waals surface area contributed by atoms with Crippen molar-refractivity contribution in [2.45, 2.75) is 266 Å². The largest absolute Gasteiger partial charge is 0.497 e. The van der Waals surface area contributed by atoms with Crippen LogP contribution in [0.4, 0.5) is 0 Å². The van der Waals surface area contributed by atoms with Crippen LogP contribution >= 0.6 is 0 Å². The predicted molar refractivity (Wildman–Crippen MR) is 337 cm³/mol. The summed E-state index contributed by atoms with van der Waals surface area (Å²) in [5, 5.41) is 177. The summed E-state index contributed by atoms with van der Waals surface area (Å²) in [5.74, 6) is -4.07. The summed E-state index contributed by atoms with van der Waals surface area (Å²) >= 11 is 0. The number of aliphatic hydroxyl groups is 15. The lowest BCUT2D eigenvalue weighted by atomic mass is 9.33. The number of carboxylic acids is 1. The first-order valence-corrected chi connectivity index (χ1v) is 34.6. The smallest absolute Gasteiger partial charge is 0.331 e. The lowest BCUT2D eigenvalue weighted by Crippen LogP contribution is -2.71. The Morgan fingerprint density at radius 2 is 1.15 bits per heavy atom. The second-order valence-corrected chi connectivity index (χ2v) is 31.0. The van der Waals surface area contributed by atoms with E-state index in [4.69, 9.17) is 56.8 Å². The van der Waals surface area contributed by atoms with Crippen molar-refractivity contribution in [1.82, 2.24) is 0 Å². The molecular weight excluding hydrogens is 1320 g/mol. The lowest BCUT2D eigenvalue weighted by Gasteiger charge is -2.71. The minimum atomic E-state index is -2.07. The Morgan fingerprint density at radius 1 is 0.580 bits per heavy atom. The second kappa shape index (κ2) is 29.4. The van der Waals surface area contributed by atoms with Crippen molar-refractivity contribution in [3.05, 3.63) is 47.6 Å². The summed E-state index contributed by atoms with van der Waals surface area (Å²) in [6.07, 6.45) is -36.7. The molecule has 5 aliphatic heterocycles. The van der Waals surface area contributed by atoms with E-state index in [2.05, 4.69) is 26.8 Å². The molecule has 34 atom stereocenters. The van der Waals surface area contributed by atoms with Crippen LogP contribution < -0.4 is 4.74 Å². The number of benzene rings is 1. The van der Waals surface area contributed by atoms with Crippen LogP contribution in [0.25, 0.3) is 6.08 Å². The maximum Gasteiger partial charge on any atom is 0.331 e. The van der Waals surface area contributed by atoms with E-state index in [1.54, 1.807) is 24.3 Å². The monoisotopic (exact) mass is 1430 g/mol. The van der Waals surface area contributed by atoms with Gasteiger partial charge in [-0.3, -0.25) is 9.59 Å². The Balaban J connectivity index is 0.845. The summed E-state index contributed by atoms with van der Waals surface area (Å²) in [7, 11) is 1.50. The highest BCUT2D eigenvalue weighted by Crippen LogP contribution is 2.76. The molecule has 564 valence electrons. The Bertz CT molecular complexity index is 3100. The molecule has 10 aliphatic rings. The topological polar surface area (TPSA) is 486 Å². The third kappa shape index (κ3) is 13.3. The average molecular weight is 1430 g/mol.